The Morgan fingerprint density at radius 2 is 1.76 bits per heavy atom. The van der Waals surface area contributed by atoms with E-state index >= 15 is 0 Å². The highest BCUT2D eigenvalue weighted by molar-refractivity contribution is 5.94. The maximum Gasteiger partial charge on any atom is 0.246 e. The van der Waals surface area contributed by atoms with Gasteiger partial charge in [-0.05, 0) is 67.0 Å². The van der Waals surface area contributed by atoms with Gasteiger partial charge in [-0.15, -0.1) is 0 Å². The van der Waals surface area contributed by atoms with Crippen molar-refractivity contribution < 1.29 is 18.4 Å². The summed E-state index contributed by atoms with van der Waals surface area (Å²) in [4.78, 5) is 26.5. The van der Waals surface area contributed by atoms with Crippen molar-refractivity contribution in [2.45, 2.75) is 31.7 Å². The van der Waals surface area contributed by atoms with E-state index in [1.807, 2.05) is 0 Å². The minimum atomic E-state index is -0.694. The fourth-order valence-electron chi connectivity index (χ4n) is 5.39. The lowest BCUT2D eigenvalue weighted by atomic mass is 9.55. The Hall–Kier alpha value is -3.60. The van der Waals surface area contributed by atoms with E-state index < -0.39 is 17.7 Å². The van der Waals surface area contributed by atoms with Crippen LogP contribution in [0.2, 0.25) is 0 Å². The molecule has 33 heavy (non-hydrogen) atoms. The van der Waals surface area contributed by atoms with Crippen LogP contribution in [0.15, 0.2) is 47.6 Å². The Kier molecular flexibility index (Phi) is 5.41. The lowest BCUT2D eigenvalue weighted by Crippen LogP contribution is -2.51. The third kappa shape index (κ3) is 3.99. The predicted molar refractivity (Wildman–Crippen MR) is 117 cm³/mol. The van der Waals surface area contributed by atoms with Crippen LogP contribution in [0.25, 0.3) is 0 Å². The number of hydrazone groups is 1. The molecule has 1 heterocycles. The second-order valence-corrected chi connectivity index (χ2v) is 9.06. The number of hydrogen-bond donors (Lipinski definition) is 1. The Morgan fingerprint density at radius 3 is 2.48 bits per heavy atom. The monoisotopic (exact) mass is 448 g/mol. The summed E-state index contributed by atoms with van der Waals surface area (Å²) in [6.45, 7) is 0. The molecule has 0 radical (unpaired) electrons. The first-order chi connectivity index (χ1) is 15.9. The van der Waals surface area contributed by atoms with Gasteiger partial charge in [0.05, 0.1) is 17.7 Å². The first kappa shape index (κ1) is 21.3. The van der Waals surface area contributed by atoms with E-state index in [-0.39, 0.29) is 35.5 Å². The summed E-state index contributed by atoms with van der Waals surface area (Å²) in [6, 6.07) is 11.5. The molecule has 3 unspecified atom stereocenters. The van der Waals surface area contributed by atoms with E-state index in [9.17, 15) is 18.4 Å². The summed E-state index contributed by atoms with van der Waals surface area (Å²) in [7, 11) is 0. The van der Waals surface area contributed by atoms with E-state index in [0.717, 1.165) is 18.9 Å². The van der Waals surface area contributed by atoms with Crippen molar-refractivity contribution in [3.63, 3.8) is 0 Å². The number of benzene rings is 2. The van der Waals surface area contributed by atoms with Crippen LogP contribution in [-0.4, -0.2) is 23.0 Å². The van der Waals surface area contributed by atoms with Crippen molar-refractivity contribution in [3.8, 4) is 6.07 Å². The predicted octanol–water partition coefficient (Wildman–Crippen LogP) is 4.40. The lowest BCUT2D eigenvalue weighted by Gasteiger charge is -2.50. The molecule has 3 saturated carbocycles. The van der Waals surface area contributed by atoms with E-state index in [0.29, 0.717) is 29.7 Å². The molecule has 2 bridgehead atoms. The van der Waals surface area contributed by atoms with Crippen molar-refractivity contribution in [2.75, 3.05) is 5.32 Å². The van der Waals surface area contributed by atoms with Crippen molar-refractivity contribution in [1.29, 1.82) is 5.26 Å². The van der Waals surface area contributed by atoms with Crippen LogP contribution in [0.1, 0.15) is 42.9 Å². The van der Waals surface area contributed by atoms with Gasteiger partial charge in [0.25, 0.3) is 0 Å². The summed E-state index contributed by atoms with van der Waals surface area (Å²) in [5, 5.41) is 17.5. The van der Waals surface area contributed by atoms with Crippen molar-refractivity contribution in [3.05, 3.63) is 65.2 Å². The quantitative estimate of drug-likeness (QED) is 0.753. The minimum absolute atomic E-state index is 0.153. The number of rotatable bonds is 4. The zero-order chi connectivity index (χ0) is 23.1. The second-order valence-electron chi connectivity index (χ2n) is 9.06. The normalized spacial score (nSPS) is 27.5. The SMILES string of the molecule is N#Cc1cccc(NC(=O)C2CC(C(=O)N3N=CCC3c3cc(F)cc(F)c3)C3CC2C3)c1. The molecule has 2 amide bonds. The number of fused-ring (bicyclic) bond motifs is 2. The summed E-state index contributed by atoms with van der Waals surface area (Å²) in [6.07, 6.45) is 3.97. The topological polar surface area (TPSA) is 85.6 Å². The number of nitrogens with zero attached hydrogens (tertiary/aromatic N) is 3. The molecule has 6 rings (SSSR count). The Morgan fingerprint density at radius 1 is 1.03 bits per heavy atom. The van der Waals surface area contributed by atoms with Gasteiger partial charge in [-0.1, -0.05) is 6.07 Å². The first-order valence-electron chi connectivity index (χ1n) is 11.1. The van der Waals surface area contributed by atoms with Crippen molar-refractivity contribution in [2.24, 2.45) is 28.8 Å². The van der Waals surface area contributed by atoms with E-state index in [4.69, 9.17) is 5.26 Å². The third-order valence-corrected chi connectivity index (χ3v) is 7.10. The fourth-order valence-corrected chi connectivity index (χ4v) is 5.39. The van der Waals surface area contributed by atoms with Gasteiger partial charge in [0.15, 0.2) is 0 Å². The van der Waals surface area contributed by atoms with Crippen LogP contribution in [0.3, 0.4) is 0 Å². The highest BCUT2D eigenvalue weighted by atomic mass is 19.1. The molecule has 6 nitrogen and oxygen atoms in total. The van der Waals surface area contributed by atoms with Gasteiger partial charge in [0, 0.05) is 36.2 Å². The molecule has 168 valence electrons. The number of nitrogens with one attached hydrogen (secondary N) is 1. The summed E-state index contributed by atoms with van der Waals surface area (Å²) in [5.74, 6) is -2.01. The van der Waals surface area contributed by atoms with Crippen LogP contribution < -0.4 is 5.32 Å². The number of hydrogen-bond acceptors (Lipinski definition) is 4. The average Bonchev–Trinajstić information content (AvgIpc) is 3.27. The fraction of sp³-hybridized carbons (Fsp3) is 0.360. The van der Waals surface area contributed by atoms with Crippen molar-refractivity contribution in [1.82, 2.24) is 5.01 Å². The van der Waals surface area contributed by atoms with Gasteiger partial charge in [-0.3, -0.25) is 9.59 Å². The molecular formula is C25H22F2N4O2. The zero-order valence-electron chi connectivity index (χ0n) is 17.7. The lowest BCUT2D eigenvalue weighted by molar-refractivity contribution is -0.149. The molecule has 4 aliphatic rings. The summed E-state index contributed by atoms with van der Waals surface area (Å²) >= 11 is 0. The molecule has 8 heteroatoms. The number of halogens is 2. The largest absolute Gasteiger partial charge is 0.326 e. The van der Waals surface area contributed by atoms with Crippen LogP contribution in [0.4, 0.5) is 14.5 Å². The number of amides is 2. The maximum absolute atomic E-state index is 13.8. The van der Waals surface area contributed by atoms with Gasteiger partial charge < -0.3 is 5.32 Å². The molecule has 3 fully saturated rings. The smallest absolute Gasteiger partial charge is 0.246 e. The Labute approximate surface area is 189 Å². The Balaban J connectivity index is 1.31. The maximum atomic E-state index is 13.8. The third-order valence-electron chi connectivity index (χ3n) is 7.10. The summed E-state index contributed by atoms with van der Waals surface area (Å²) < 4.78 is 27.5. The first-order valence-corrected chi connectivity index (χ1v) is 11.1. The van der Waals surface area contributed by atoms with Crippen LogP contribution in [0, 0.1) is 46.6 Å². The number of carbonyl (C=O) groups excluding carboxylic acids is 2. The number of carbonyl (C=O) groups is 2. The van der Waals surface area contributed by atoms with Gasteiger partial charge in [0.2, 0.25) is 11.8 Å². The van der Waals surface area contributed by atoms with Crippen LogP contribution in [0.5, 0.6) is 0 Å². The highest BCUT2D eigenvalue weighted by Crippen LogP contribution is 2.53. The number of nitriles is 1. The minimum Gasteiger partial charge on any atom is -0.326 e. The molecule has 2 aromatic rings. The average molecular weight is 448 g/mol. The van der Waals surface area contributed by atoms with Crippen LogP contribution in [-0.2, 0) is 9.59 Å². The van der Waals surface area contributed by atoms with Gasteiger partial charge in [-0.2, -0.15) is 10.4 Å². The van der Waals surface area contributed by atoms with E-state index in [2.05, 4.69) is 16.5 Å². The van der Waals surface area contributed by atoms with E-state index in [1.165, 1.54) is 17.1 Å². The molecule has 0 aromatic heterocycles. The summed E-state index contributed by atoms with van der Waals surface area (Å²) in [5.41, 5.74) is 1.38. The Bertz CT molecular complexity index is 1160. The van der Waals surface area contributed by atoms with Gasteiger partial charge in [0.1, 0.15) is 11.6 Å². The zero-order valence-corrected chi connectivity index (χ0v) is 17.7. The molecule has 1 aliphatic heterocycles. The molecule has 3 aliphatic carbocycles. The van der Waals surface area contributed by atoms with Crippen molar-refractivity contribution >= 4 is 23.7 Å². The highest BCUT2D eigenvalue weighted by Gasteiger charge is 2.52. The molecule has 0 spiro atoms. The molecule has 0 saturated heterocycles. The second kappa shape index (κ2) is 8.39. The number of anilines is 1. The standard InChI is InChI=1S/C25H22F2N4O2/c26-18-9-17(10-19(27)11-18)23-4-5-29-31(23)25(33)22-12-21(15-7-16(22)8-15)24(32)30-20-3-1-2-14(6-20)13-28/h1-3,5-6,9-11,15-16,21-23H,4,7-8,12H2,(H,30,32). The molecular weight excluding hydrogens is 426 g/mol. The molecule has 2 aromatic carbocycles. The van der Waals surface area contributed by atoms with E-state index in [1.54, 1.807) is 30.5 Å². The molecule has 3 atom stereocenters. The molecule has 1 N–H and O–H groups in total. The van der Waals surface area contributed by atoms with Gasteiger partial charge >= 0.3 is 0 Å². The van der Waals surface area contributed by atoms with Crippen LogP contribution >= 0.6 is 0 Å². The van der Waals surface area contributed by atoms with Gasteiger partial charge in [-0.25, -0.2) is 13.8 Å².